The number of amides is 1. The molecule has 1 saturated carbocycles. The van der Waals surface area contributed by atoms with Crippen molar-refractivity contribution in [2.24, 2.45) is 0 Å². The summed E-state index contributed by atoms with van der Waals surface area (Å²) < 4.78 is 35.1. The molecule has 0 atom stereocenters. The Morgan fingerprint density at radius 2 is 1.86 bits per heavy atom. The van der Waals surface area contributed by atoms with Gasteiger partial charge in [0, 0.05) is 6.07 Å². The zero-order valence-electron chi connectivity index (χ0n) is 15.8. The van der Waals surface area contributed by atoms with Crippen LogP contribution < -0.4 is 9.50 Å². The van der Waals surface area contributed by atoms with Gasteiger partial charge in [-0.25, -0.2) is 9.78 Å². The summed E-state index contributed by atoms with van der Waals surface area (Å²) in [6.07, 6.45) is 4.09. The van der Waals surface area contributed by atoms with Crippen LogP contribution in [0.25, 0.3) is 11.0 Å². The molecule has 4 rings (SSSR count). The van der Waals surface area contributed by atoms with E-state index in [0.29, 0.717) is 17.0 Å². The number of benzene rings is 2. The van der Waals surface area contributed by atoms with Crippen LogP contribution in [-0.4, -0.2) is 31.6 Å². The Labute approximate surface area is 168 Å². The smallest absolute Gasteiger partial charge is 0.413 e. The van der Waals surface area contributed by atoms with Crippen LogP contribution in [0.5, 0.6) is 5.75 Å². The highest BCUT2D eigenvalue weighted by Crippen LogP contribution is 2.34. The van der Waals surface area contributed by atoms with Crippen molar-refractivity contribution in [2.75, 3.05) is 12.4 Å². The number of ether oxygens (including phenoxy) is 1. The van der Waals surface area contributed by atoms with E-state index >= 15 is 0 Å². The van der Waals surface area contributed by atoms with Crippen molar-refractivity contribution in [3.63, 3.8) is 0 Å². The van der Waals surface area contributed by atoms with Gasteiger partial charge in [0.05, 0.1) is 18.1 Å². The summed E-state index contributed by atoms with van der Waals surface area (Å²) in [5, 5.41) is 2.42. The number of H-pyrrole nitrogens is 1. The predicted octanol–water partition coefficient (Wildman–Crippen LogP) is 4.17. The Hall–Kier alpha value is -3.07. The summed E-state index contributed by atoms with van der Waals surface area (Å²) in [5.74, 6) is 0.838. The van der Waals surface area contributed by atoms with Crippen molar-refractivity contribution in [2.45, 2.75) is 36.5 Å². The fraction of sp³-hybridized carbons (Fsp3) is 0.300. The van der Waals surface area contributed by atoms with Gasteiger partial charge in [-0.2, -0.15) is 8.42 Å². The van der Waals surface area contributed by atoms with Crippen molar-refractivity contribution in [3.05, 3.63) is 48.0 Å². The van der Waals surface area contributed by atoms with Crippen molar-refractivity contribution < 1.29 is 22.1 Å². The van der Waals surface area contributed by atoms with Gasteiger partial charge in [-0.05, 0) is 48.6 Å². The van der Waals surface area contributed by atoms with E-state index in [4.69, 9.17) is 4.18 Å². The average molecular weight is 415 g/mol. The molecule has 152 valence electrons. The molecule has 1 aromatic heterocycles. The van der Waals surface area contributed by atoms with E-state index in [1.807, 2.05) is 12.1 Å². The minimum atomic E-state index is -3.97. The molecule has 3 aromatic rings. The fourth-order valence-corrected chi connectivity index (χ4v) is 4.51. The third-order valence-corrected chi connectivity index (χ3v) is 6.32. The van der Waals surface area contributed by atoms with Gasteiger partial charge in [0.1, 0.15) is 10.6 Å². The van der Waals surface area contributed by atoms with Crippen LogP contribution in [0.4, 0.5) is 10.7 Å². The number of nitrogens with zero attached hydrogens (tertiary/aromatic N) is 1. The maximum Gasteiger partial charge on any atom is 0.413 e. The number of carbonyl (C=O) groups is 1. The van der Waals surface area contributed by atoms with Crippen LogP contribution in [-0.2, 0) is 14.9 Å². The molecular formula is C20H21N3O5S. The van der Waals surface area contributed by atoms with E-state index < -0.39 is 16.2 Å². The Morgan fingerprint density at radius 1 is 1.14 bits per heavy atom. The Balaban J connectivity index is 1.52. The first-order valence-electron chi connectivity index (χ1n) is 9.34. The number of anilines is 1. The van der Waals surface area contributed by atoms with E-state index in [1.54, 1.807) is 18.2 Å². The Morgan fingerprint density at radius 3 is 2.55 bits per heavy atom. The number of carbonyl (C=O) groups excluding carboxylic acids is 1. The lowest BCUT2D eigenvalue weighted by molar-refractivity contribution is 0.186. The van der Waals surface area contributed by atoms with E-state index in [-0.39, 0.29) is 16.6 Å². The summed E-state index contributed by atoms with van der Waals surface area (Å²) in [7, 11) is -2.72. The third kappa shape index (κ3) is 4.19. The average Bonchev–Trinajstić information content (AvgIpc) is 3.37. The second kappa shape index (κ2) is 7.75. The van der Waals surface area contributed by atoms with Crippen molar-refractivity contribution in [1.29, 1.82) is 0 Å². The fourth-order valence-electron chi connectivity index (χ4n) is 3.58. The summed E-state index contributed by atoms with van der Waals surface area (Å²) in [6.45, 7) is 0. The predicted molar refractivity (Wildman–Crippen MR) is 108 cm³/mol. The molecule has 0 saturated heterocycles. The number of rotatable bonds is 5. The Bertz CT molecular complexity index is 1130. The lowest BCUT2D eigenvalue weighted by Crippen LogP contribution is -2.11. The molecule has 0 bridgehead atoms. The van der Waals surface area contributed by atoms with E-state index in [9.17, 15) is 13.2 Å². The standard InChI is InChI=1S/C20H21N3O5S/c1-27-20(24)23-19-21-17-11-8-15(12-18(17)22-19)28-29(25,26)16-9-6-14(7-10-16)13-4-2-3-5-13/h6-13H,2-5H2,1H3,(H2,21,22,23,24). The molecule has 0 radical (unpaired) electrons. The molecule has 0 aliphatic heterocycles. The SMILES string of the molecule is COC(=O)Nc1nc2cc(OS(=O)(=O)c3ccc(C4CCCC4)cc3)ccc2[nH]1. The van der Waals surface area contributed by atoms with Crippen LogP contribution >= 0.6 is 0 Å². The van der Waals surface area contributed by atoms with Crippen molar-refractivity contribution >= 4 is 33.2 Å². The lowest BCUT2D eigenvalue weighted by Gasteiger charge is -2.11. The second-order valence-corrected chi connectivity index (χ2v) is 8.52. The molecule has 1 aliphatic rings. The number of aromatic amines is 1. The van der Waals surface area contributed by atoms with Gasteiger partial charge in [0.15, 0.2) is 0 Å². The van der Waals surface area contributed by atoms with Gasteiger partial charge in [-0.3, -0.25) is 5.32 Å². The molecule has 29 heavy (non-hydrogen) atoms. The molecular weight excluding hydrogens is 394 g/mol. The van der Waals surface area contributed by atoms with E-state index in [1.165, 1.54) is 37.6 Å². The highest BCUT2D eigenvalue weighted by atomic mass is 32.2. The molecule has 9 heteroatoms. The molecule has 0 unspecified atom stereocenters. The molecule has 1 aliphatic carbocycles. The van der Waals surface area contributed by atoms with Gasteiger partial charge in [-0.1, -0.05) is 25.0 Å². The monoisotopic (exact) mass is 415 g/mol. The number of fused-ring (bicyclic) bond motifs is 1. The maximum absolute atomic E-state index is 12.6. The van der Waals surface area contributed by atoms with Gasteiger partial charge in [-0.15, -0.1) is 0 Å². The topological polar surface area (TPSA) is 110 Å². The molecule has 2 aromatic carbocycles. The van der Waals surface area contributed by atoms with Gasteiger partial charge in [0.2, 0.25) is 5.95 Å². The van der Waals surface area contributed by atoms with Crippen LogP contribution in [0, 0.1) is 0 Å². The van der Waals surface area contributed by atoms with Gasteiger partial charge in [0.25, 0.3) is 0 Å². The highest BCUT2D eigenvalue weighted by Gasteiger charge is 2.20. The first kappa shape index (κ1) is 19.3. The molecule has 1 fully saturated rings. The first-order chi connectivity index (χ1) is 13.9. The summed E-state index contributed by atoms with van der Waals surface area (Å²) in [4.78, 5) is 18.5. The van der Waals surface area contributed by atoms with Crippen molar-refractivity contribution in [3.8, 4) is 5.75 Å². The summed E-state index contributed by atoms with van der Waals surface area (Å²) >= 11 is 0. The van der Waals surface area contributed by atoms with Gasteiger partial charge >= 0.3 is 16.2 Å². The number of hydrogen-bond donors (Lipinski definition) is 2. The number of imidazole rings is 1. The number of nitrogens with one attached hydrogen (secondary N) is 2. The normalized spacial score (nSPS) is 14.8. The van der Waals surface area contributed by atoms with Crippen LogP contribution in [0.3, 0.4) is 0 Å². The minimum absolute atomic E-state index is 0.106. The second-order valence-electron chi connectivity index (χ2n) is 6.97. The third-order valence-electron chi connectivity index (χ3n) is 5.06. The zero-order valence-corrected chi connectivity index (χ0v) is 16.7. The summed E-state index contributed by atoms with van der Waals surface area (Å²) in [6, 6.07) is 11.6. The molecule has 1 amide bonds. The molecule has 1 heterocycles. The van der Waals surface area contributed by atoms with Crippen molar-refractivity contribution in [1.82, 2.24) is 9.97 Å². The quantitative estimate of drug-likeness (QED) is 0.605. The maximum atomic E-state index is 12.6. The van der Waals surface area contributed by atoms with Crippen LogP contribution in [0.1, 0.15) is 37.2 Å². The zero-order chi connectivity index (χ0) is 20.4. The lowest BCUT2D eigenvalue weighted by atomic mass is 9.98. The molecule has 2 N–H and O–H groups in total. The highest BCUT2D eigenvalue weighted by molar-refractivity contribution is 7.87. The van der Waals surface area contributed by atoms with E-state index in [2.05, 4.69) is 20.0 Å². The molecule has 0 spiro atoms. The minimum Gasteiger partial charge on any atom is -0.453 e. The van der Waals surface area contributed by atoms with Crippen LogP contribution in [0.2, 0.25) is 0 Å². The Kier molecular flexibility index (Phi) is 5.14. The number of aromatic nitrogens is 2. The molecule has 8 nitrogen and oxygen atoms in total. The largest absolute Gasteiger partial charge is 0.453 e. The first-order valence-corrected chi connectivity index (χ1v) is 10.7. The van der Waals surface area contributed by atoms with Gasteiger partial charge < -0.3 is 13.9 Å². The number of hydrogen-bond acceptors (Lipinski definition) is 6. The van der Waals surface area contributed by atoms with Crippen LogP contribution in [0.15, 0.2) is 47.4 Å². The number of methoxy groups -OCH3 is 1. The summed E-state index contributed by atoms with van der Waals surface area (Å²) in [5.41, 5.74) is 2.23. The van der Waals surface area contributed by atoms with E-state index in [0.717, 1.165) is 12.8 Å².